The van der Waals surface area contributed by atoms with Crippen LogP contribution in [0, 0.1) is 0 Å². The molecule has 0 bridgehead atoms. The number of rotatable bonds is 0. The zero-order chi connectivity index (χ0) is 5.98. The fraction of sp³-hybridized carbons (Fsp3) is 0.667. The highest BCUT2D eigenvalue weighted by molar-refractivity contribution is 4.99. The number of aliphatic hydroxyl groups is 2. The van der Waals surface area contributed by atoms with E-state index in [9.17, 15) is 0 Å². The minimum atomic E-state index is -0.399. The fourth-order valence-electron chi connectivity index (χ4n) is 0.881. The summed E-state index contributed by atoms with van der Waals surface area (Å²) in [6, 6.07) is 0. The van der Waals surface area contributed by atoms with E-state index in [0.717, 1.165) is 19.3 Å². The quantitative estimate of drug-likeness (QED) is 0.492. The van der Waals surface area contributed by atoms with E-state index >= 15 is 0 Å². The van der Waals surface area contributed by atoms with E-state index in [4.69, 9.17) is 10.2 Å². The van der Waals surface area contributed by atoms with Crippen molar-refractivity contribution in [2.75, 3.05) is 0 Å². The van der Waals surface area contributed by atoms with Crippen LogP contribution < -0.4 is 0 Å². The van der Waals surface area contributed by atoms with E-state index in [1.165, 1.54) is 6.08 Å². The van der Waals surface area contributed by atoms with Crippen molar-refractivity contribution in [2.45, 2.75) is 25.4 Å². The molecular formula is C6H10O2. The van der Waals surface area contributed by atoms with Gasteiger partial charge in [-0.1, -0.05) is 0 Å². The first-order valence-corrected chi connectivity index (χ1v) is 2.87. The summed E-state index contributed by atoms with van der Waals surface area (Å²) in [5.41, 5.74) is 0. The largest absolute Gasteiger partial charge is 0.513 e. The third-order valence-corrected chi connectivity index (χ3v) is 1.32. The molecule has 0 radical (unpaired) electrons. The molecule has 1 unspecified atom stereocenters. The van der Waals surface area contributed by atoms with Crippen molar-refractivity contribution in [2.24, 2.45) is 0 Å². The van der Waals surface area contributed by atoms with Crippen LogP contribution in [-0.2, 0) is 0 Å². The van der Waals surface area contributed by atoms with Gasteiger partial charge >= 0.3 is 0 Å². The van der Waals surface area contributed by atoms with Gasteiger partial charge in [0.15, 0.2) is 0 Å². The zero-order valence-corrected chi connectivity index (χ0v) is 4.67. The van der Waals surface area contributed by atoms with Crippen LogP contribution in [0.15, 0.2) is 11.8 Å². The molecule has 46 valence electrons. The van der Waals surface area contributed by atoms with Crippen LogP contribution in [0.4, 0.5) is 0 Å². The Morgan fingerprint density at radius 1 is 1.62 bits per heavy atom. The van der Waals surface area contributed by atoms with Crippen molar-refractivity contribution in [3.63, 3.8) is 0 Å². The number of aliphatic hydroxyl groups excluding tert-OH is 2. The van der Waals surface area contributed by atoms with E-state index in [1.54, 1.807) is 0 Å². The topological polar surface area (TPSA) is 40.5 Å². The van der Waals surface area contributed by atoms with Crippen LogP contribution in [0.3, 0.4) is 0 Å². The standard InChI is InChI=1S/C6H10O2/c7-5-2-1-3-6(8)4-5/h4-5,7-8H,1-3H2. The molecule has 8 heavy (non-hydrogen) atoms. The highest BCUT2D eigenvalue weighted by atomic mass is 16.3. The molecule has 1 aliphatic rings. The average Bonchev–Trinajstić information content (AvgIpc) is 1.64. The molecule has 0 aromatic rings. The van der Waals surface area contributed by atoms with Gasteiger partial charge in [-0.3, -0.25) is 0 Å². The molecule has 0 fully saturated rings. The molecular weight excluding hydrogens is 104 g/mol. The van der Waals surface area contributed by atoms with E-state index in [-0.39, 0.29) is 0 Å². The second-order valence-electron chi connectivity index (χ2n) is 2.12. The summed E-state index contributed by atoms with van der Waals surface area (Å²) in [6.45, 7) is 0. The highest BCUT2D eigenvalue weighted by Gasteiger charge is 2.08. The van der Waals surface area contributed by atoms with Gasteiger partial charge in [0.2, 0.25) is 0 Å². The van der Waals surface area contributed by atoms with Crippen molar-refractivity contribution < 1.29 is 10.2 Å². The van der Waals surface area contributed by atoms with Crippen molar-refractivity contribution >= 4 is 0 Å². The van der Waals surface area contributed by atoms with E-state index < -0.39 is 6.10 Å². The molecule has 1 rings (SSSR count). The van der Waals surface area contributed by atoms with Crippen LogP contribution in [0.5, 0.6) is 0 Å². The summed E-state index contributed by atoms with van der Waals surface area (Å²) in [5, 5.41) is 17.6. The number of allylic oxidation sites excluding steroid dienone is 1. The first-order valence-electron chi connectivity index (χ1n) is 2.87. The van der Waals surface area contributed by atoms with Gasteiger partial charge in [-0.25, -0.2) is 0 Å². The Morgan fingerprint density at radius 3 is 2.75 bits per heavy atom. The summed E-state index contributed by atoms with van der Waals surface area (Å²) in [5.74, 6) is 0.337. The lowest BCUT2D eigenvalue weighted by Gasteiger charge is -2.11. The summed E-state index contributed by atoms with van der Waals surface area (Å²) in [6.07, 6.45) is 3.54. The molecule has 0 amide bonds. The zero-order valence-electron chi connectivity index (χ0n) is 4.67. The van der Waals surface area contributed by atoms with Gasteiger partial charge in [-0.2, -0.15) is 0 Å². The van der Waals surface area contributed by atoms with Gasteiger partial charge in [0.1, 0.15) is 0 Å². The van der Waals surface area contributed by atoms with Crippen molar-refractivity contribution in [1.82, 2.24) is 0 Å². The Kier molecular flexibility index (Phi) is 1.53. The monoisotopic (exact) mass is 114 g/mol. The van der Waals surface area contributed by atoms with Crippen LogP contribution in [0.2, 0.25) is 0 Å². The maximum Gasteiger partial charge on any atom is 0.0908 e. The molecule has 0 spiro atoms. The fourth-order valence-corrected chi connectivity index (χ4v) is 0.881. The van der Waals surface area contributed by atoms with E-state index in [2.05, 4.69) is 0 Å². The van der Waals surface area contributed by atoms with Gasteiger partial charge in [0, 0.05) is 6.42 Å². The Bertz CT molecular complexity index is 107. The van der Waals surface area contributed by atoms with Gasteiger partial charge in [-0.15, -0.1) is 0 Å². The smallest absolute Gasteiger partial charge is 0.0908 e. The second-order valence-corrected chi connectivity index (χ2v) is 2.12. The minimum Gasteiger partial charge on any atom is -0.513 e. The molecule has 2 heteroatoms. The molecule has 0 aromatic heterocycles. The Balaban J connectivity index is 2.50. The van der Waals surface area contributed by atoms with Gasteiger partial charge in [0.25, 0.3) is 0 Å². The molecule has 0 aromatic carbocycles. The maximum atomic E-state index is 8.84. The molecule has 0 heterocycles. The Labute approximate surface area is 48.5 Å². The number of hydrogen-bond donors (Lipinski definition) is 2. The molecule has 0 saturated heterocycles. The Morgan fingerprint density at radius 2 is 2.38 bits per heavy atom. The van der Waals surface area contributed by atoms with Gasteiger partial charge < -0.3 is 10.2 Å². The lowest BCUT2D eigenvalue weighted by molar-refractivity contribution is 0.188. The van der Waals surface area contributed by atoms with Crippen LogP contribution >= 0.6 is 0 Å². The third-order valence-electron chi connectivity index (χ3n) is 1.32. The van der Waals surface area contributed by atoms with Crippen molar-refractivity contribution in [3.8, 4) is 0 Å². The normalized spacial score (nSPS) is 29.6. The first kappa shape index (κ1) is 5.63. The predicted molar refractivity (Wildman–Crippen MR) is 30.6 cm³/mol. The molecule has 2 nitrogen and oxygen atoms in total. The highest BCUT2D eigenvalue weighted by Crippen LogP contribution is 2.14. The van der Waals surface area contributed by atoms with Crippen LogP contribution in [-0.4, -0.2) is 16.3 Å². The first-order chi connectivity index (χ1) is 3.79. The lowest BCUT2D eigenvalue weighted by atomic mass is 10.0. The van der Waals surface area contributed by atoms with Crippen molar-refractivity contribution in [1.29, 1.82) is 0 Å². The maximum absolute atomic E-state index is 8.84. The molecule has 2 N–H and O–H groups in total. The molecule has 1 aliphatic carbocycles. The molecule has 0 aliphatic heterocycles. The average molecular weight is 114 g/mol. The lowest BCUT2D eigenvalue weighted by Crippen LogP contribution is -2.08. The summed E-state index contributed by atoms with van der Waals surface area (Å²) < 4.78 is 0. The minimum absolute atomic E-state index is 0.337. The van der Waals surface area contributed by atoms with Gasteiger partial charge in [0.05, 0.1) is 11.9 Å². The van der Waals surface area contributed by atoms with Crippen LogP contribution in [0.1, 0.15) is 19.3 Å². The molecule has 0 saturated carbocycles. The van der Waals surface area contributed by atoms with Gasteiger partial charge in [-0.05, 0) is 18.9 Å². The van der Waals surface area contributed by atoms with Crippen molar-refractivity contribution in [3.05, 3.63) is 11.8 Å². The summed E-state index contributed by atoms with van der Waals surface area (Å²) in [4.78, 5) is 0. The third kappa shape index (κ3) is 1.23. The SMILES string of the molecule is OC1=CC(O)CCC1. The van der Waals surface area contributed by atoms with E-state index in [1.807, 2.05) is 0 Å². The summed E-state index contributed by atoms with van der Waals surface area (Å²) in [7, 11) is 0. The van der Waals surface area contributed by atoms with Crippen LogP contribution in [0.25, 0.3) is 0 Å². The summed E-state index contributed by atoms with van der Waals surface area (Å²) >= 11 is 0. The predicted octanol–water partition coefficient (Wildman–Crippen LogP) is 0.973. The number of hydrogen-bond acceptors (Lipinski definition) is 2. The Hall–Kier alpha value is -0.500. The van der Waals surface area contributed by atoms with E-state index in [0.29, 0.717) is 5.76 Å². The second kappa shape index (κ2) is 2.18. The molecule has 1 atom stereocenters.